The van der Waals surface area contributed by atoms with Crippen molar-refractivity contribution in [2.75, 3.05) is 0 Å². The lowest BCUT2D eigenvalue weighted by Crippen LogP contribution is -2.07. The van der Waals surface area contributed by atoms with Crippen molar-refractivity contribution >= 4 is 21.4 Å². The second-order valence-electron chi connectivity index (χ2n) is 5.30. The Morgan fingerprint density at radius 3 is 2.04 bits per heavy atom. The van der Waals surface area contributed by atoms with Crippen molar-refractivity contribution < 1.29 is 47.1 Å². The van der Waals surface area contributed by atoms with Gasteiger partial charge >= 0.3 is 10.4 Å². The van der Waals surface area contributed by atoms with E-state index in [0.717, 1.165) is 24.3 Å². The molecule has 0 saturated carbocycles. The van der Waals surface area contributed by atoms with Gasteiger partial charge in [-0.1, -0.05) is 0 Å². The normalized spacial score (nSPS) is 11.6. The van der Waals surface area contributed by atoms with Crippen molar-refractivity contribution in [3.05, 3.63) is 34.5 Å². The molecule has 12 heteroatoms. The Hall–Kier alpha value is -3.64. The molecule has 0 saturated heterocycles. The van der Waals surface area contributed by atoms with Gasteiger partial charge in [0, 0.05) is 17.7 Å². The van der Waals surface area contributed by atoms with Gasteiger partial charge in [0.15, 0.2) is 17.3 Å². The van der Waals surface area contributed by atoms with Crippen molar-refractivity contribution in [1.29, 1.82) is 0 Å². The van der Waals surface area contributed by atoms with Crippen LogP contribution in [0.1, 0.15) is 0 Å². The molecule has 142 valence electrons. The topological polar surface area (TPSA) is 195 Å². The Kier molecular flexibility index (Phi) is 4.01. The minimum absolute atomic E-state index is 0.285. The molecule has 0 radical (unpaired) electrons. The van der Waals surface area contributed by atoms with Crippen LogP contribution in [0.4, 0.5) is 0 Å². The summed E-state index contributed by atoms with van der Waals surface area (Å²) in [7, 11) is -5.05. The lowest BCUT2D eigenvalue weighted by Gasteiger charge is -2.11. The predicted molar refractivity (Wildman–Crippen MR) is 88.4 cm³/mol. The maximum absolute atomic E-state index is 12.3. The van der Waals surface area contributed by atoms with Crippen LogP contribution in [0.5, 0.6) is 34.5 Å². The summed E-state index contributed by atoms with van der Waals surface area (Å²) in [4.78, 5) is 12.3. The SMILES string of the molecule is O=c1c(O)c(-c2cc(O)c(OS(=O)(=O)O)c(O)c2)oc2cc(O)cc(O)c12. The highest BCUT2D eigenvalue weighted by molar-refractivity contribution is 7.81. The number of phenols is 4. The van der Waals surface area contributed by atoms with Gasteiger partial charge in [-0.25, -0.2) is 0 Å². The van der Waals surface area contributed by atoms with E-state index in [1.165, 1.54) is 0 Å². The van der Waals surface area contributed by atoms with Crippen LogP contribution in [0.3, 0.4) is 0 Å². The van der Waals surface area contributed by atoms with Crippen LogP contribution < -0.4 is 9.61 Å². The fourth-order valence-electron chi connectivity index (χ4n) is 2.39. The van der Waals surface area contributed by atoms with Crippen molar-refractivity contribution in [1.82, 2.24) is 0 Å². The molecule has 2 aromatic carbocycles. The van der Waals surface area contributed by atoms with E-state index in [0.29, 0.717) is 0 Å². The Balaban J connectivity index is 2.27. The molecule has 0 fully saturated rings. The quantitative estimate of drug-likeness (QED) is 0.346. The highest BCUT2D eigenvalue weighted by atomic mass is 32.3. The third-order valence-corrected chi connectivity index (χ3v) is 3.81. The number of aromatic hydroxyl groups is 5. The number of fused-ring (bicyclic) bond motifs is 1. The van der Waals surface area contributed by atoms with Crippen LogP contribution in [0.15, 0.2) is 33.5 Å². The van der Waals surface area contributed by atoms with Crippen molar-refractivity contribution in [3.63, 3.8) is 0 Å². The summed E-state index contributed by atoms with van der Waals surface area (Å²) in [5.41, 5.74) is -1.67. The standard InChI is InChI=1S/C15H10O11S/c16-6-3-7(17)11-10(4-6)25-14(13(21)12(11)20)5-1-8(18)15(9(19)2-5)26-27(22,23)24/h1-4,16-19,21H,(H,22,23,24). The average molecular weight is 398 g/mol. The smallest absolute Gasteiger partial charge is 0.446 e. The molecule has 0 unspecified atom stereocenters. The second kappa shape index (κ2) is 5.96. The van der Waals surface area contributed by atoms with Crippen LogP contribution in [-0.2, 0) is 10.4 Å². The third kappa shape index (κ3) is 3.26. The molecule has 3 rings (SSSR count). The summed E-state index contributed by atoms with van der Waals surface area (Å²) < 4.78 is 39.4. The molecule has 0 aliphatic heterocycles. The Labute approximate surface area is 149 Å². The molecule has 0 aliphatic carbocycles. The highest BCUT2D eigenvalue weighted by Gasteiger charge is 2.23. The Bertz CT molecular complexity index is 1220. The first-order valence-corrected chi connectivity index (χ1v) is 8.29. The molecule has 0 bridgehead atoms. The summed E-state index contributed by atoms with van der Waals surface area (Å²) in [6.07, 6.45) is 0. The van der Waals surface area contributed by atoms with Gasteiger partial charge in [0.25, 0.3) is 0 Å². The van der Waals surface area contributed by atoms with E-state index in [4.69, 9.17) is 8.97 Å². The second-order valence-corrected chi connectivity index (χ2v) is 6.32. The number of hydrogen-bond donors (Lipinski definition) is 6. The Morgan fingerprint density at radius 2 is 1.48 bits per heavy atom. The van der Waals surface area contributed by atoms with Crippen LogP contribution in [0, 0.1) is 0 Å². The summed E-state index contributed by atoms with van der Waals surface area (Å²) in [6.45, 7) is 0. The van der Waals surface area contributed by atoms with Crippen LogP contribution in [-0.4, -0.2) is 38.5 Å². The maximum Gasteiger partial charge on any atom is 0.446 e. The van der Waals surface area contributed by atoms with Gasteiger partial charge in [-0.2, -0.15) is 8.42 Å². The first-order valence-electron chi connectivity index (χ1n) is 6.93. The van der Waals surface area contributed by atoms with E-state index in [1.54, 1.807) is 0 Å². The zero-order valence-corrected chi connectivity index (χ0v) is 13.8. The molecule has 0 spiro atoms. The molecule has 1 heterocycles. The number of rotatable bonds is 3. The number of hydrogen-bond acceptors (Lipinski definition) is 10. The van der Waals surface area contributed by atoms with E-state index < -0.39 is 61.5 Å². The van der Waals surface area contributed by atoms with E-state index in [9.17, 15) is 38.7 Å². The third-order valence-electron chi connectivity index (χ3n) is 3.44. The molecule has 1 aromatic heterocycles. The summed E-state index contributed by atoms with van der Waals surface area (Å²) >= 11 is 0. The molecule has 27 heavy (non-hydrogen) atoms. The van der Waals surface area contributed by atoms with E-state index in [-0.39, 0.29) is 11.1 Å². The largest absolute Gasteiger partial charge is 0.508 e. The molecule has 3 aromatic rings. The van der Waals surface area contributed by atoms with Crippen LogP contribution >= 0.6 is 0 Å². The van der Waals surface area contributed by atoms with Gasteiger partial charge in [0.05, 0.1) is 0 Å². The summed E-state index contributed by atoms with van der Waals surface area (Å²) in [6, 6.07) is 3.38. The fourth-order valence-corrected chi connectivity index (χ4v) is 2.77. The monoisotopic (exact) mass is 398 g/mol. The molecular formula is C15H10O11S. The van der Waals surface area contributed by atoms with Crippen molar-refractivity contribution in [3.8, 4) is 45.8 Å². The molecule has 0 aliphatic rings. The first kappa shape index (κ1) is 18.2. The molecule has 0 amide bonds. The van der Waals surface area contributed by atoms with Gasteiger partial charge in [0.1, 0.15) is 22.5 Å². The molecule has 0 atom stereocenters. The zero-order valence-electron chi connectivity index (χ0n) is 12.9. The van der Waals surface area contributed by atoms with Crippen LogP contribution in [0.25, 0.3) is 22.3 Å². The molecule has 6 N–H and O–H groups in total. The van der Waals surface area contributed by atoms with E-state index in [1.807, 2.05) is 0 Å². The van der Waals surface area contributed by atoms with Gasteiger partial charge < -0.3 is 34.1 Å². The first-order chi connectivity index (χ1) is 12.5. The van der Waals surface area contributed by atoms with E-state index >= 15 is 0 Å². The van der Waals surface area contributed by atoms with E-state index in [2.05, 4.69) is 4.18 Å². The fraction of sp³-hybridized carbons (Fsp3) is 0. The zero-order chi connectivity index (χ0) is 20.1. The van der Waals surface area contributed by atoms with Gasteiger partial charge in [0.2, 0.25) is 16.9 Å². The maximum atomic E-state index is 12.3. The lowest BCUT2D eigenvalue weighted by atomic mass is 10.1. The molecular weight excluding hydrogens is 388 g/mol. The lowest BCUT2D eigenvalue weighted by molar-refractivity contribution is 0.354. The van der Waals surface area contributed by atoms with Crippen molar-refractivity contribution in [2.24, 2.45) is 0 Å². The number of benzene rings is 2. The Morgan fingerprint density at radius 1 is 0.889 bits per heavy atom. The van der Waals surface area contributed by atoms with Gasteiger partial charge in [-0.3, -0.25) is 9.35 Å². The minimum atomic E-state index is -5.05. The van der Waals surface area contributed by atoms with Gasteiger partial charge in [-0.05, 0) is 12.1 Å². The summed E-state index contributed by atoms with van der Waals surface area (Å²) in [5, 5.41) is 48.5. The summed E-state index contributed by atoms with van der Waals surface area (Å²) in [5.74, 6) is -5.59. The number of phenolic OH excluding ortho intramolecular Hbond substituents is 4. The van der Waals surface area contributed by atoms with Crippen LogP contribution in [0.2, 0.25) is 0 Å². The van der Waals surface area contributed by atoms with Gasteiger partial charge in [-0.15, -0.1) is 0 Å². The minimum Gasteiger partial charge on any atom is -0.508 e. The average Bonchev–Trinajstić information content (AvgIpc) is 2.52. The molecule has 11 nitrogen and oxygen atoms in total. The predicted octanol–water partition coefficient (Wildman–Crippen LogP) is 1.17. The highest BCUT2D eigenvalue weighted by Crippen LogP contribution is 2.43. The van der Waals surface area contributed by atoms with Crippen molar-refractivity contribution in [2.45, 2.75) is 0 Å².